The predicted octanol–water partition coefficient (Wildman–Crippen LogP) is 0.326. The molecular weight excluding hydrogens is 188 g/mol. The van der Waals surface area contributed by atoms with Crippen molar-refractivity contribution in [3.63, 3.8) is 0 Å². The summed E-state index contributed by atoms with van der Waals surface area (Å²) in [6.45, 7) is 3.91. The molecule has 2 atom stereocenters. The summed E-state index contributed by atoms with van der Waals surface area (Å²) in [7, 11) is 2.76. The van der Waals surface area contributed by atoms with Crippen molar-refractivity contribution in [2.45, 2.75) is 31.8 Å². The molecule has 0 saturated carbocycles. The molecule has 1 aliphatic rings. The van der Waals surface area contributed by atoms with Gasteiger partial charge in [-0.25, -0.2) is 4.79 Å². The van der Waals surface area contributed by atoms with Crippen molar-refractivity contribution in [3.8, 4) is 0 Å². The minimum absolute atomic E-state index is 0.334. The fourth-order valence-corrected chi connectivity index (χ4v) is 1.38. The molecule has 1 fully saturated rings. The highest BCUT2D eigenvalue weighted by molar-refractivity contribution is 5.75. The van der Waals surface area contributed by atoms with Crippen molar-refractivity contribution in [3.05, 3.63) is 0 Å². The molecule has 0 aromatic heterocycles. The molecule has 0 radical (unpaired) electrons. The topological polar surface area (TPSA) is 54.0 Å². The molecule has 1 aliphatic heterocycles. The van der Waals surface area contributed by atoms with E-state index in [2.05, 4.69) is 4.74 Å². The third-order valence-corrected chi connectivity index (χ3v) is 2.06. The van der Waals surface area contributed by atoms with Gasteiger partial charge in [-0.15, -0.1) is 0 Å². The van der Waals surface area contributed by atoms with Gasteiger partial charge >= 0.3 is 5.97 Å². The summed E-state index contributed by atoms with van der Waals surface area (Å²) in [6.07, 6.45) is -1.12. The average Bonchev–Trinajstić information content (AvgIpc) is 2.47. The minimum atomic E-state index is -0.721. The van der Waals surface area contributed by atoms with E-state index < -0.39 is 24.0 Å². The summed E-state index contributed by atoms with van der Waals surface area (Å²) in [6, 6.07) is 0. The van der Waals surface area contributed by atoms with Crippen LogP contribution < -0.4 is 0 Å². The predicted molar refractivity (Wildman–Crippen MR) is 47.7 cm³/mol. The molecule has 5 heteroatoms. The molecule has 0 aliphatic carbocycles. The van der Waals surface area contributed by atoms with E-state index in [4.69, 9.17) is 14.2 Å². The Kier molecular flexibility index (Phi) is 3.47. The first-order chi connectivity index (χ1) is 6.50. The number of hydrogen-bond acceptors (Lipinski definition) is 5. The second-order valence-corrected chi connectivity index (χ2v) is 3.55. The number of hydrogen-bond donors (Lipinski definition) is 0. The number of rotatable bonds is 3. The van der Waals surface area contributed by atoms with Crippen LogP contribution in [0.3, 0.4) is 0 Å². The number of carbonyl (C=O) groups excluding carboxylic acids is 1. The Labute approximate surface area is 83.3 Å². The van der Waals surface area contributed by atoms with Crippen molar-refractivity contribution in [2.24, 2.45) is 0 Å². The van der Waals surface area contributed by atoms with Crippen LogP contribution in [0.5, 0.6) is 0 Å². The van der Waals surface area contributed by atoms with E-state index in [1.807, 2.05) is 0 Å². The van der Waals surface area contributed by atoms with Crippen molar-refractivity contribution >= 4 is 5.97 Å². The molecule has 0 unspecified atom stereocenters. The Morgan fingerprint density at radius 3 is 2.50 bits per heavy atom. The van der Waals surface area contributed by atoms with Gasteiger partial charge in [-0.3, -0.25) is 0 Å². The first kappa shape index (κ1) is 11.4. The van der Waals surface area contributed by atoms with E-state index in [0.29, 0.717) is 6.61 Å². The highest BCUT2D eigenvalue weighted by Crippen LogP contribution is 2.25. The van der Waals surface area contributed by atoms with Gasteiger partial charge in [0, 0.05) is 7.11 Å². The summed E-state index contributed by atoms with van der Waals surface area (Å²) in [5, 5.41) is 0. The largest absolute Gasteiger partial charge is 0.467 e. The van der Waals surface area contributed by atoms with Crippen LogP contribution >= 0.6 is 0 Å². The fourth-order valence-electron chi connectivity index (χ4n) is 1.38. The summed E-state index contributed by atoms with van der Waals surface area (Å²) in [4.78, 5) is 11.3. The van der Waals surface area contributed by atoms with E-state index in [1.165, 1.54) is 14.2 Å². The number of ether oxygens (including phenoxy) is 4. The normalized spacial score (nSPS) is 27.3. The average molecular weight is 204 g/mol. The Hall–Kier alpha value is -0.650. The highest BCUT2D eigenvalue weighted by atomic mass is 16.8. The lowest BCUT2D eigenvalue weighted by molar-refractivity contribution is -0.173. The van der Waals surface area contributed by atoms with Gasteiger partial charge in [-0.2, -0.15) is 0 Å². The zero-order valence-corrected chi connectivity index (χ0v) is 8.90. The summed E-state index contributed by atoms with van der Waals surface area (Å²) < 4.78 is 20.4. The molecule has 1 heterocycles. The van der Waals surface area contributed by atoms with Gasteiger partial charge in [0.2, 0.25) is 0 Å². The molecular formula is C9H16O5. The van der Waals surface area contributed by atoms with E-state index in [-0.39, 0.29) is 0 Å². The van der Waals surface area contributed by atoms with E-state index >= 15 is 0 Å². The van der Waals surface area contributed by atoms with Crippen molar-refractivity contribution in [1.82, 2.24) is 0 Å². The Bertz CT molecular complexity index is 213. The molecule has 14 heavy (non-hydrogen) atoms. The molecule has 1 rings (SSSR count). The van der Waals surface area contributed by atoms with Crippen LogP contribution in [0.15, 0.2) is 0 Å². The molecule has 0 spiro atoms. The lowest BCUT2D eigenvalue weighted by Crippen LogP contribution is -2.39. The van der Waals surface area contributed by atoms with Crippen molar-refractivity contribution in [1.29, 1.82) is 0 Å². The fraction of sp³-hybridized carbons (Fsp3) is 0.889. The van der Waals surface area contributed by atoms with Crippen molar-refractivity contribution in [2.75, 3.05) is 20.8 Å². The molecule has 82 valence electrons. The van der Waals surface area contributed by atoms with Gasteiger partial charge in [0.05, 0.1) is 13.7 Å². The van der Waals surface area contributed by atoms with Gasteiger partial charge in [-0.1, -0.05) is 0 Å². The maximum absolute atomic E-state index is 11.3. The summed E-state index contributed by atoms with van der Waals surface area (Å²) in [5.74, 6) is -1.10. The van der Waals surface area contributed by atoms with Gasteiger partial charge in [0.1, 0.15) is 6.10 Å². The van der Waals surface area contributed by atoms with Gasteiger partial charge in [0.15, 0.2) is 11.9 Å². The van der Waals surface area contributed by atoms with Crippen LogP contribution in [0.1, 0.15) is 13.8 Å². The Morgan fingerprint density at radius 1 is 1.50 bits per heavy atom. The third-order valence-electron chi connectivity index (χ3n) is 2.06. The summed E-state index contributed by atoms with van der Waals surface area (Å²) >= 11 is 0. The monoisotopic (exact) mass is 204 g/mol. The molecule has 0 aromatic carbocycles. The molecule has 1 saturated heterocycles. The Morgan fingerprint density at radius 2 is 2.14 bits per heavy atom. The minimum Gasteiger partial charge on any atom is -0.467 e. The van der Waals surface area contributed by atoms with Crippen LogP contribution in [-0.4, -0.2) is 44.8 Å². The number of esters is 1. The maximum Gasteiger partial charge on any atom is 0.337 e. The zero-order chi connectivity index (χ0) is 10.8. The molecule has 0 aromatic rings. The molecule has 0 N–H and O–H groups in total. The molecule has 5 nitrogen and oxygen atoms in total. The second-order valence-electron chi connectivity index (χ2n) is 3.55. The Balaban J connectivity index is 2.59. The third kappa shape index (κ3) is 2.43. The smallest absolute Gasteiger partial charge is 0.337 e. The number of carbonyl (C=O) groups is 1. The second kappa shape index (κ2) is 4.25. The molecule has 0 amide bonds. The quantitative estimate of drug-likeness (QED) is 0.620. The first-order valence-corrected chi connectivity index (χ1v) is 4.42. The van der Waals surface area contributed by atoms with Gasteiger partial charge in [-0.05, 0) is 13.8 Å². The van der Waals surface area contributed by atoms with E-state index in [0.717, 1.165) is 0 Å². The summed E-state index contributed by atoms with van der Waals surface area (Å²) in [5.41, 5.74) is 0. The van der Waals surface area contributed by atoms with Crippen molar-refractivity contribution < 1.29 is 23.7 Å². The lowest BCUT2D eigenvalue weighted by atomic mass is 10.2. The maximum atomic E-state index is 11.3. The molecule has 0 bridgehead atoms. The van der Waals surface area contributed by atoms with Crippen LogP contribution in [0.25, 0.3) is 0 Å². The lowest BCUT2D eigenvalue weighted by Gasteiger charge is -2.21. The van der Waals surface area contributed by atoms with Crippen LogP contribution in [0.4, 0.5) is 0 Å². The van der Waals surface area contributed by atoms with Crippen LogP contribution in [0.2, 0.25) is 0 Å². The number of methoxy groups -OCH3 is 2. The van der Waals surface area contributed by atoms with Gasteiger partial charge in [0.25, 0.3) is 0 Å². The first-order valence-electron chi connectivity index (χ1n) is 4.42. The zero-order valence-electron chi connectivity index (χ0n) is 8.90. The van der Waals surface area contributed by atoms with E-state index in [1.54, 1.807) is 13.8 Å². The van der Waals surface area contributed by atoms with Crippen LogP contribution in [0, 0.1) is 0 Å². The van der Waals surface area contributed by atoms with E-state index in [9.17, 15) is 4.79 Å². The highest BCUT2D eigenvalue weighted by Gasteiger charge is 2.41. The van der Waals surface area contributed by atoms with Crippen LogP contribution in [-0.2, 0) is 23.7 Å². The van der Waals surface area contributed by atoms with Gasteiger partial charge < -0.3 is 18.9 Å². The SMILES string of the molecule is COC(=O)[C@H](OC)[C@H]1COC(C)(C)O1. The standard InChI is InChI=1S/C9H16O5/c1-9(2)13-5-6(14-9)7(11-3)8(10)12-4/h6-7H,5H2,1-4H3/t6-,7-/m1/s1.